The van der Waals surface area contributed by atoms with Crippen LogP contribution in [0.15, 0.2) is 42.6 Å². The van der Waals surface area contributed by atoms with E-state index in [2.05, 4.69) is 10.3 Å². The number of aromatic nitrogens is 1. The number of hydrogen-bond acceptors (Lipinski definition) is 4. The van der Waals surface area contributed by atoms with Crippen LogP contribution in [0, 0.1) is 11.3 Å². The fourth-order valence-corrected chi connectivity index (χ4v) is 1.67. The van der Waals surface area contributed by atoms with Crippen LogP contribution in [-0.2, 0) is 11.3 Å². The van der Waals surface area contributed by atoms with Crippen LogP contribution in [0.25, 0.3) is 0 Å². The van der Waals surface area contributed by atoms with Gasteiger partial charge in [-0.25, -0.2) is 9.78 Å². The van der Waals surface area contributed by atoms with Gasteiger partial charge in [0.05, 0.1) is 16.9 Å². The topological polar surface area (TPSA) is 75.0 Å². The molecule has 0 aliphatic heterocycles. The zero-order valence-corrected chi connectivity index (χ0v) is 11.1. The van der Waals surface area contributed by atoms with Gasteiger partial charge >= 0.3 is 6.09 Å². The van der Waals surface area contributed by atoms with Gasteiger partial charge in [0, 0.05) is 0 Å². The van der Waals surface area contributed by atoms with Gasteiger partial charge in [0.15, 0.2) is 5.69 Å². The Bertz CT molecular complexity index is 653. The van der Waals surface area contributed by atoms with Gasteiger partial charge in [-0.15, -0.1) is 0 Å². The van der Waals surface area contributed by atoms with Gasteiger partial charge < -0.3 is 4.74 Å². The van der Waals surface area contributed by atoms with Crippen molar-refractivity contribution in [3.8, 4) is 6.07 Å². The van der Waals surface area contributed by atoms with E-state index < -0.39 is 6.09 Å². The van der Waals surface area contributed by atoms with Gasteiger partial charge in [-0.1, -0.05) is 41.9 Å². The summed E-state index contributed by atoms with van der Waals surface area (Å²) in [5, 5.41) is 11.4. The molecule has 0 saturated heterocycles. The third-order valence-corrected chi connectivity index (χ3v) is 2.69. The highest BCUT2D eigenvalue weighted by Gasteiger charge is 2.07. The van der Waals surface area contributed by atoms with E-state index in [-0.39, 0.29) is 17.3 Å². The Hall–Kier alpha value is -2.58. The average molecular weight is 288 g/mol. The monoisotopic (exact) mass is 287 g/mol. The van der Waals surface area contributed by atoms with Gasteiger partial charge in [0.25, 0.3) is 0 Å². The molecule has 0 radical (unpaired) electrons. The van der Waals surface area contributed by atoms with Crippen LogP contribution < -0.4 is 5.32 Å². The van der Waals surface area contributed by atoms with Crippen LogP contribution in [0.5, 0.6) is 0 Å². The molecule has 2 aromatic rings. The molecule has 1 amide bonds. The van der Waals surface area contributed by atoms with Crippen molar-refractivity contribution in [1.29, 1.82) is 5.26 Å². The number of benzene rings is 1. The van der Waals surface area contributed by atoms with E-state index in [1.165, 1.54) is 12.3 Å². The largest absolute Gasteiger partial charge is 0.444 e. The van der Waals surface area contributed by atoms with E-state index in [0.717, 1.165) is 5.56 Å². The third-order valence-electron chi connectivity index (χ3n) is 2.41. The lowest BCUT2D eigenvalue weighted by Crippen LogP contribution is -2.13. The molecule has 20 heavy (non-hydrogen) atoms. The predicted octanol–water partition coefficient (Wildman–Crippen LogP) is 3.36. The summed E-state index contributed by atoms with van der Waals surface area (Å²) in [6.07, 6.45) is 0.727. The summed E-state index contributed by atoms with van der Waals surface area (Å²) in [5.41, 5.74) is 1.36. The molecule has 2 rings (SSSR count). The number of rotatable bonds is 3. The Labute approximate surface area is 120 Å². The number of halogens is 1. The van der Waals surface area contributed by atoms with Crippen molar-refractivity contribution in [2.75, 3.05) is 5.32 Å². The number of nitriles is 1. The molecule has 1 heterocycles. The first-order valence-corrected chi connectivity index (χ1v) is 6.10. The Morgan fingerprint density at radius 1 is 1.40 bits per heavy atom. The van der Waals surface area contributed by atoms with Gasteiger partial charge in [0.2, 0.25) is 0 Å². The lowest BCUT2D eigenvalue weighted by Gasteiger charge is -2.07. The Morgan fingerprint density at radius 2 is 2.15 bits per heavy atom. The second kappa shape index (κ2) is 6.55. The smallest absolute Gasteiger partial charge is 0.412 e. The van der Waals surface area contributed by atoms with E-state index in [0.29, 0.717) is 5.69 Å². The van der Waals surface area contributed by atoms with Crippen LogP contribution in [0.1, 0.15) is 11.3 Å². The number of ether oxygens (including phenoxy) is 1. The quantitative estimate of drug-likeness (QED) is 0.939. The van der Waals surface area contributed by atoms with Crippen LogP contribution in [0.4, 0.5) is 10.5 Å². The fourth-order valence-electron chi connectivity index (χ4n) is 1.47. The van der Waals surface area contributed by atoms with Crippen LogP contribution in [0.2, 0.25) is 5.02 Å². The number of hydrogen-bond donors (Lipinski definition) is 1. The lowest BCUT2D eigenvalue weighted by molar-refractivity contribution is 0.155. The molecule has 0 unspecified atom stereocenters. The third kappa shape index (κ3) is 3.70. The second-order valence-corrected chi connectivity index (χ2v) is 4.26. The van der Waals surface area contributed by atoms with Crippen molar-refractivity contribution < 1.29 is 9.53 Å². The summed E-state index contributed by atoms with van der Waals surface area (Å²) < 4.78 is 5.04. The molecule has 0 fully saturated rings. The summed E-state index contributed by atoms with van der Waals surface area (Å²) in [5.74, 6) is 0. The molecule has 6 heteroatoms. The molecule has 1 N–H and O–H groups in total. The van der Waals surface area contributed by atoms with E-state index in [1.807, 2.05) is 36.4 Å². The second-order valence-electron chi connectivity index (χ2n) is 3.85. The molecular formula is C14H10ClN3O2. The molecule has 5 nitrogen and oxygen atoms in total. The molecule has 0 saturated carbocycles. The highest BCUT2D eigenvalue weighted by Crippen LogP contribution is 2.17. The zero-order valence-electron chi connectivity index (χ0n) is 10.3. The Morgan fingerprint density at radius 3 is 2.80 bits per heavy atom. The summed E-state index contributed by atoms with van der Waals surface area (Å²) >= 11 is 5.81. The van der Waals surface area contributed by atoms with Crippen molar-refractivity contribution in [1.82, 2.24) is 4.98 Å². The SMILES string of the molecule is N#Cc1ncc(NC(=O)OCc2ccccc2)cc1Cl. The minimum atomic E-state index is -0.614. The molecular weight excluding hydrogens is 278 g/mol. The van der Waals surface area contributed by atoms with E-state index in [9.17, 15) is 4.79 Å². The first-order valence-electron chi connectivity index (χ1n) is 5.72. The minimum Gasteiger partial charge on any atom is -0.444 e. The number of nitrogens with one attached hydrogen (secondary N) is 1. The van der Waals surface area contributed by atoms with Crippen molar-refractivity contribution >= 4 is 23.4 Å². The summed E-state index contributed by atoms with van der Waals surface area (Å²) in [6.45, 7) is 0.171. The highest BCUT2D eigenvalue weighted by atomic mass is 35.5. The van der Waals surface area contributed by atoms with E-state index >= 15 is 0 Å². The molecule has 0 aliphatic rings. The van der Waals surface area contributed by atoms with Gasteiger partial charge in [-0.3, -0.25) is 5.32 Å². The van der Waals surface area contributed by atoms with Gasteiger partial charge in [0.1, 0.15) is 12.7 Å². The van der Waals surface area contributed by atoms with Crippen molar-refractivity contribution in [3.63, 3.8) is 0 Å². The molecule has 1 aromatic heterocycles. The Balaban J connectivity index is 1.92. The van der Waals surface area contributed by atoms with Crippen LogP contribution >= 0.6 is 11.6 Å². The van der Waals surface area contributed by atoms with E-state index in [1.54, 1.807) is 0 Å². The number of carbonyl (C=O) groups is 1. The molecule has 0 spiro atoms. The van der Waals surface area contributed by atoms with Crippen LogP contribution in [-0.4, -0.2) is 11.1 Å². The normalized spacial score (nSPS) is 9.60. The van der Waals surface area contributed by atoms with Crippen LogP contribution in [0.3, 0.4) is 0 Å². The maximum absolute atomic E-state index is 11.6. The number of pyridine rings is 1. The predicted molar refractivity (Wildman–Crippen MR) is 74.2 cm³/mol. The first-order chi connectivity index (χ1) is 9.69. The number of nitrogens with zero attached hydrogens (tertiary/aromatic N) is 2. The number of amides is 1. The summed E-state index contributed by atoms with van der Waals surface area (Å²) in [6, 6.07) is 12.6. The summed E-state index contributed by atoms with van der Waals surface area (Å²) in [4.78, 5) is 15.4. The van der Waals surface area contributed by atoms with Gasteiger partial charge in [-0.2, -0.15) is 5.26 Å². The summed E-state index contributed by atoms with van der Waals surface area (Å²) in [7, 11) is 0. The maximum atomic E-state index is 11.6. The number of anilines is 1. The lowest BCUT2D eigenvalue weighted by atomic mass is 10.2. The first kappa shape index (κ1) is 13.8. The molecule has 0 aliphatic carbocycles. The standard InChI is InChI=1S/C14H10ClN3O2/c15-12-6-11(8-17-13(12)7-16)18-14(19)20-9-10-4-2-1-3-5-10/h1-6,8H,9H2,(H,18,19). The van der Waals surface area contributed by atoms with Crippen molar-refractivity contribution in [2.24, 2.45) is 0 Å². The van der Waals surface area contributed by atoms with Crippen molar-refractivity contribution in [3.05, 3.63) is 58.9 Å². The highest BCUT2D eigenvalue weighted by molar-refractivity contribution is 6.31. The van der Waals surface area contributed by atoms with Gasteiger partial charge in [-0.05, 0) is 11.6 Å². The van der Waals surface area contributed by atoms with E-state index in [4.69, 9.17) is 21.6 Å². The average Bonchev–Trinajstić information content (AvgIpc) is 2.46. The number of carbonyl (C=O) groups excluding carboxylic acids is 1. The molecule has 0 bridgehead atoms. The van der Waals surface area contributed by atoms with Crippen molar-refractivity contribution in [2.45, 2.75) is 6.61 Å². The minimum absolute atomic E-state index is 0.106. The molecule has 1 aromatic carbocycles. The maximum Gasteiger partial charge on any atom is 0.412 e. The Kier molecular flexibility index (Phi) is 4.53. The fraction of sp³-hybridized carbons (Fsp3) is 0.0714. The molecule has 100 valence electrons. The molecule has 0 atom stereocenters. The zero-order chi connectivity index (χ0) is 14.4.